The fraction of sp³-hybridized carbons (Fsp3) is 0. The Labute approximate surface area is 170 Å². The molecule has 0 fully saturated rings. The number of fused-ring (bicyclic) bond motifs is 1. The van der Waals surface area contributed by atoms with Gasteiger partial charge >= 0.3 is 6.03 Å². The van der Waals surface area contributed by atoms with Crippen molar-refractivity contribution in [2.24, 2.45) is 0 Å². The maximum Gasteiger partial charge on any atom is 0.323 e. The van der Waals surface area contributed by atoms with Gasteiger partial charge in [-0.3, -0.25) is 4.79 Å². The molecule has 144 valence electrons. The summed E-state index contributed by atoms with van der Waals surface area (Å²) >= 11 is 6.05. The number of aromatic nitrogens is 3. The minimum Gasteiger partial charge on any atom is -0.383 e. The van der Waals surface area contributed by atoms with Crippen LogP contribution in [0.2, 0.25) is 5.02 Å². The number of nitrogens with zero attached hydrogens (tertiary/aromatic N) is 2. The van der Waals surface area contributed by atoms with E-state index in [1.54, 1.807) is 54.7 Å². The number of carbonyl (C=O) groups is 2. The first-order valence-corrected chi connectivity index (χ1v) is 8.95. The van der Waals surface area contributed by atoms with Crippen LogP contribution in [0.3, 0.4) is 0 Å². The molecule has 0 bridgehead atoms. The van der Waals surface area contributed by atoms with E-state index in [-0.39, 0.29) is 11.6 Å². The number of aromatic amines is 1. The SMILES string of the molecule is Nc1ncnc2[nH]cc(C(=O)c3cccc(NC(=O)Nc4ccccc4Cl)c3)c12. The highest BCUT2D eigenvalue weighted by Gasteiger charge is 2.18. The Balaban J connectivity index is 1.56. The Bertz CT molecular complexity index is 1240. The highest BCUT2D eigenvalue weighted by atomic mass is 35.5. The summed E-state index contributed by atoms with van der Waals surface area (Å²) in [6.07, 6.45) is 2.87. The standard InChI is InChI=1S/C20H15ClN6O2/c21-14-6-1-2-7-15(14)27-20(29)26-12-5-3-4-11(8-12)17(28)13-9-23-19-16(13)18(22)24-10-25-19/h1-10H,(H2,26,27,29)(H3,22,23,24,25). The number of H-pyrrole nitrogens is 1. The molecule has 29 heavy (non-hydrogen) atoms. The third kappa shape index (κ3) is 3.74. The zero-order valence-corrected chi connectivity index (χ0v) is 15.7. The number of para-hydroxylation sites is 1. The van der Waals surface area contributed by atoms with E-state index in [9.17, 15) is 9.59 Å². The Morgan fingerprint density at radius 1 is 1.03 bits per heavy atom. The van der Waals surface area contributed by atoms with Crippen LogP contribution in [0.4, 0.5) is 22.0 Å². The molecule has 0 aliphatic rings. The first-order chi connectivity index (χ1) is 14.0. The summed E-state index contributed by atoms with van der Waals surface area (Å²) in [5.74, 6) is -0.0547. The summed E-state index contributed by atoms with van der Waals surface area (Å²) < 4.78 is 0. The summed E-state index contributed by atoms with van der Waals surface area (Å²) in [4.78, 5) is 36.2. The van der Waals surface area contributed by atoms with Crippen molar-refractivity contribution in [1.29, 1.82) is 0 Å². The predicted molar refractivity (Wildman–Crippen MR) is 112 cm³/mol. The van der Waals surface area contributed by atoms with Gasteiger partial charge < -0.3 is 21.4 Å². The third-order valence-corrected chi connectivity index (χ3v) is 4.58. The van der Waals surface area contributed by atoms with Crippen LogP contribution in [0.1, 0.15) is 15.9 Å². The quantitative estimate of drug-likeness (QED) is 0.380. The van der Waals surface area contributed by atoms with Gasteiger partial charge in [0.15, 0.2) is 5.78 Å². The van der Waals surface area contributed by atoms with E-state index in [0.717, 1.165) is 0 Å². The summed E-state index contributed by atoms with van der Waals surface area (Å²) in [7, 11) is 0. The number of ketones is 1. The molecular formula is C20H15ClN6O2. The maximum absolute atomic E-state index is 13.0. The van der Waals surface area contributed by atoms with Crippen LogP contribution >= 0.6 is 11.6 Å². The van der Waals surface area contributed by atoms with E-state index in [1.165, 1.54) is 6.33 Å². The summed E-state index contributed by atoms with van der Waals surface area (Å²) in [6, 6.07) is 13.0. The highest BCUT2D eigenvalue weighted by Crippen LogP contribution is 2.25. The second-order valence-corrected chi connectivity index (χ2v) is 6.56. The van der Waals surface area contributed by atoms with Gasteiger partial charge in [-0.15, -0.1) is 0 Å². The van der Waals surface area contributed by atoms with Crippen LogP contribution in [0.5, 0.6) is 0 Å². The molecule has 0 unspecified atom stereocenters. The van der Waals surface area contributed by atoms with Crippen molar-refractivity contribution in [3.05, 3.63) is 77.2 Å². The number of benzene rings is 2. The number of nitrogen functional groups attached to an aromatic ring is 1. The van der Waals surface area contributed by atoms with Gasteiger partial charge in [0.2, 0.25) is 0 Å². The number of urea groups is 1. The number of hydrogen-bond acceptors (Lipinski definition) is 5. The first-order valence-electron chi connectivity index (χ1n) is 8.58. The molecule has 5 N–H and O–H groups in total. The van der Waals surface area contributed by atoms with Gasteiger partial charge in [-0.05, 0) is 24.3 Å². The van der Waals surface area contributed by atoms with Crippen LogP contribution in [-0.4, -0.2) is 26.8 Å². The van der Waals surface area contributed by atoms with Gasteiger partial charge in [0, 0.05) is 17.4 Å². The molecule has 0 saturated carbocycles. The molecule has 0 atom stereocenters. The van der Waals surface area contributed by atoms with Crippen LogP contribution in [0, 0.1) is 0 Å². The summed E-state index contributed by atoms with van der Waals surface area (Å²) in [5.41, 5.74) is 8.04. The van der Waals surface area contributed by atoms with Gasteiger partial charge in [-0.1, -0.05) is 35.9 Å². The molecule has 2 aromatic heterocycles. The lowest BCUT2D eigenvalue weighted by Crippen LogP contribution is -2.19. The molecule has 0 radical (unpaired) electrons. The topological polar surface area (TPSA) is 126 Å². The molecule has 2 heterocycles. The van der Waals surface area contributed by atoms with E-state index >= 15 is 0 Å². The molecule has 8 nitrogen and oxygen atoms in total. The largest absolute Gasteiger partial charge is 0.383 e. The molecule has 0 aliphatic heterocycles. The highest BCUT2D eigenvalue weighted by molar-refractivity contribution is 6.33. The Kier molecular flexibility index (Phi) is 4.84. The average molecular weight is 407 g/mol. The van der Waals surface area contributed by atoms with E-state index in [0.29, 0.717) is 38.6 Å². The van der Waals surface area contributed by atoms with Gasteiger partial charge in [0.05, 0.1) is 21.7 Å². The van der Waals surface area contributed by atoms with Gasteiger partial charge in [0.1, 0.15) is 17.8 Å². The molecule has 2 aromatic carbocycles. The van der Waals surface area contributed by atoms with Crippen molar-refractivity contribution in [3.63, 3.8) is 0 Å². The van der Waals surface area contributed by atoms with E-state index in [1.807, 2.05) is 0 Å². The van der Waals surface area contributed by atoms with Crippen molar-refractivity contribution >= 4 is 51.6 Å². The van der Waals surface area contributed by atoms with Crippen molar-refractivity contribution in [2.75, 3.05) is 16.4 Å². The molecule has 9 heteroatoms. The normalized spacial score (nSPS) is 10.7. The Morgan fingerprint density at radius 2 is 1.86 bits per heavy atom. The molecule has 4 rings (SSSR count). The maximum atomic E-state index is 13.0. The Morgan fingerprint density at radius 3 is 2.69 bits per heavy atom. The minimum absolute atomic E-state index is 0.216. The van der Waals surface area contributed by atoms with Crippen LogP contribution in [0.25, 0.3) is 11.0 Å². The molecule has 0 saturated heterocycles. The van der Waals surface area contributed by atoms with Gasteiger partial charge in [0.25, 0.3) is 0 Å². The second kappa shape index (κ2) is 7.61. The zero-order chi connectivity index (χ0) is 20.4. The van der Waals surface area contributed by atoms with Crippen molar-refractivity contribution in [2.45, 2.75) is 0 Å². The molecule has 2 amide bonds. The van der Waals surface area contributed by atoms with Gasteiger partial charge in [-0.25, -0.2) is 14.8 Å². The minimum atomic E-state index is -0.479. The van der Waals surface area contributed by atoms with E-state index < -0.39 is 6.03 Å². The number of carbonyl (C=O) groups excluding carboxylic acids is 2. The fourth-order valence-corrected chi connectivity index (χ4v) is 3.09. The lowest BCUT2D eigenvalue weighted by molar-refractivity contribution is 0.104. The summed E-state index contributed by atoms with van der Waals surface area (Å²) in [5, 5.41) is 6.24. The number of hydrogen-bond donors (Lipinski definition) is 4. The number of halogens is 1. The summed E-state index contributed by atoms with van der Waals surface area (Å²) in [6.45, 7) is 0. The monoisotopic (exact) mass is 406 g/mol. The molecule has 0 aliphatic carbocycles. The smallest absolute Gasteiger partial charge is 0.323 e. The Hall–Kier alpha value is -3.91. The number of anilines is 3. The van der Waals surface area contributed by atoms with Crippen molar-refractivity contribution < 1.29 is 9.59 Å². The number of amides is 2. The predicted octanol–water partition coefficient (Wildman–Crippen LogP) is 4.07. The lowest BCUT2D eigenvalue weighted by atomic mass is 10.0. The number of nitrogens with one attached hydrogen (secondary N) is 3. The molecule has 4 aromatic rings. The fourth-order valence-electron chi connectivity index (χ4n) is 2.91. The van der Waals surface area contributed by atoms with Crippen LogP contribution in [-0.2, 0) is 0 Å². The van der Waals surface area contributed by atoms with Gasteiger partial charge in [-0.2, -0.15) is 0 Å². The second-order valence-electron chi connectivity index (χ2n) is 6.15. The van der Waals surface area contributed by atoms with Crippen LogP contribution in [0.15, 0.2) is 61.1 Å². The number of nitrogens with two attached hydrogens (primary N) is 1. The zero-order valence-electron chi connectivity index (χ0n) is 14.9. The van der Waals surface area contributed by atoms with Crippen molar-refractivity contribution in [3.8, 4) is 0 Å². The molecule has 0 spiro atoms. The lowest BCUT2D eigenvalue weighted by Gasteiger charge is -2.10. The third-order valence-electron chi connectivity index (χ3n) is 4.25. The van der Waals surface area contributed by atoms with E-state index in [4.69, 9.17) is 17.3 Å². The molecular weight excluding hydrogens is 392 g/mol. The van der Waals surface area contributed by atoms with E-state index in [2.05, 4.69) is 25.6 Å². The first kappa shape index (κ1) is 18.5. The number of rotatable bonds is 4. The average Bonchev–Trinajstić information content (AvgIpc) is 3.15. The van der Waals surface area contributed by atoms with Crippen LogP contribution < -0.4 is 16.4 Å². The van der Waals surface area contributed by atoms with Crippen molar-refractivity contribution in [1.82, 2.24) is 15.0 Å².